The van der Waals surface area contributed by atoms with Crippen molar-refractivity contribution in [3.8, 4) is 0 Å². The third-order valence-electron chi connectivity index (χ3n) is 3.70. The molecule has 1 N–H and O–H groups in total. The molecule has 0 aromatic heterocycles. The van der Waals surface area contributed by atoms with Gasteiger partial charge in [-0.1, -0.05) is 47.5 Å². The predicted octanol–water partition coefficient (Wildman–Crippen LogP) is 3.89. The minimum atomic E-state index is 0.288. The zero-order valence-electron chi connectivity index (χ0n) is 11.2. The third-order valence-corrected chi connectivity index (χ3v) is 5.88. The second-order valence-corrected chi connectivity index (χ2v) is 7.12. The van der Waals surface area contributed by atoms with Crippen molar-refractivity contribution in [3.05, 3.63) is 0 Å². The van der Waals surface area contributed by atoms with Crippen LogP contribution in [0.4, 0.5) is 0 Å². The molecule has 15 heavy (non-hydrogen) atoms. The SMILES string of the molecule is CCC(CC)C1(C(C)(C)C)NC(C)CS1. The third kappa shape index (κ3) is 2.36. The fraction of sp³-hybridized carbons (Fsp3) is 1.00. The molecule has 0 saturated carbocycles. The van der Waals surface area contributed by atoms with Crippen LogP contribution < -0.4 is 5.32 Å². The van der Waals surface area contributed by atoms with Crippen LogP contribution in [-0.4, -0.2) is 16.7 Å². The summed E-state index contributed by atoms with van der Waals surface area (Å²) >= 11 is 2.15. The smallest absolute Gasteiger partial charge is 0.0725 e. The maximum Gasteiger partial charge on any atom is 0.0725 e. The largest absolute Gasteiger partial charge is 0.299 e. The fourth-order valence-corrected chi connectivity index (χ4v) is 4.73. The molecule has 90 valence electrons. The highest BCUT2D eigenvalue weighted by molar-refractivity contribution is 8.01. The van der Waals surface area contributed by atoms with E-state index in [0.29, 0.717) is 11.5 Å². The van der Waals surface area contributed by atoms with E-state index in [4.69, 9.17) is 0 Å². The molecule has 0 amide bonds. The monoisotopic (exact) mass is 229 g/mol. The first-order valence-electron chi connectivity index (χ1n) is 6.29. The van der Waals surface area contributed by atoms with Crippen molar-refractivity contribution in [1.29, 1.82) is 0 Å². The number of hydrogen-bond donors (Lipinski definition) is 1. The molecule has 1 aliphatic heterocycles. The molecule has 0 aromatic carbocycles. The number of nitrogens with one attached hydrogen (secondary N) is 1. The molecule has 0 bridgehead atoms. The standard InChI is InChI=1S/C13H27NS/c1-7-11(8-2)13(12(4,5)6)14-10(3)9-15-13/h10-11,14H,7-9H2,1-6H3. The first-order chi connectivity index (χ1) is 6.87. The Bertz CT molecular complexity index is 205. The number of rotatable bonds is 3. The Morgan fingerprint density at radius 3 is 2.13 bits per heavy atom. The highest BCUT2D eigenvalue weighted by atomic mass is 32.2. The number of thioether (sulfide) groups is 1. The van der Waals surface area contributed by atoms with Gasteiger partial charge in [0.05, 0.1) is 4.87 Å². The van der Waals surface area contributed by atoms with E-state index in [9.17, 15) is 0 Å². The highest BCUT2D eigenvalue weighted by Gasteiger charge is 2.50. The van der Waals surface area contributed by atoms with Crippen LogP contribution >= 0.6 is 11.8 Å². The minimum Gasteiger partial charge on any atom is -0.299 e. The van der Waals surface area contributed by atoms with E-state index < -0.39 is 0 Å². The van der Waals surface area contributed by atoms with Crippen molar-refractivity contribution >= 4 is 11.8 Å². The van der Waals surface area contributed by atoms with Crippen molar-refractivity contribution in [2.75, 3.05) is 5.75 Å². The van der Waals surface area contributed by atoms with Gasteiger partial charge in [-0.05, 0) is 18.3 Å². The van der Waals surface area contributed by atoms with Crippen LogP contribution in [0.25, 0.3) is 0 Å². The molecule has 2 unspecified atom stereocenters. The molecule has 0 spiro atoms. The summed E-state index contributed by atoms with van der Waals surface area (Å²) in [7, 11) is 0. The summed E-state index contributed by atoms with van der Waals surface area (Å²) in [5.41, 5.74) is 0.332. The van der Waals surface area contributed by atoms with Crippen molar-refractivity contribution in [2.45, 2.75) is 65.3 Å². The van der Waals surface area contributed by atoms with Gasteiger partial charge in [-0.25, -0.2) is 0 Å². The Balaban J connectivity index is 2.97. The molecule has 1 saturated heterocycles. The molecule has 0 aromatic rings. The van der Waals surface area contributed by atoms with Gasteiger partial charge in [0.2, 0.25) is 0 Å². The van der Waals surface area contributed by atoms with Crippen molar-refractivity contribution in [3.63, 3.8) is 0 Å². The molecule has 1 heterocycles. The first-order valence-corrected chi connectivity index (χ1v) is 7.27. The lowest BCUT2D eigenvalue weighted by Crippen LogP contribution is -2.55. The summed E-state index contributed by atoms with van der Waals surface area (Å²) in [5.74, 6) is 2.04. The van der Waals surface area contributed by atoms with Crippen LogP contribution in [0.3, 0.4) is 0 Å². The molecular weight excluding hydrogens is 202 g/mol. The molecule has 2 atom stereocenters. The Morgan fingerprint density at radius 2 is 1.87 bits per heavy atom. The van der Waals surface area contributed by atoms with E-state index in [2.05, 4.69) is 58.6 Å². The Labute approximate surface area is 99.8 Å². The second-order valence-electron chi connectivity index (χ2n) is 5.86. The molecule has 1 fully saturated rings. The average Bonchev–Trinajstić information content (AvgIpc) is 2.50. The maximum atomic E-state index is 3.87. The van der Waals surface area contributed by atoms with Gasteiger partial charge >= 0.3 is 0 Å². The lowest BCUT2D eigenvalue weighted by atomic mass is 9.75. The predicted molar refractivity (Wildman–Crippen MR) is 71.3 cm³/mol. The highest BCUT2D eigenvalue weighted by Crippen LogP contribution is 2.51. The van der Waals surface area contributed by atoms with E-state index in [1.54, 1.807) is 0 Å². The zero-order chi connectivity index (χ0) is 11.7. The van der Waals surface area contributed by atoms with Crippen LogP contribution in [0.2, 0.25) is 0 Å². The Kier molecular flexibility index (Phi) is 4.16. The van der Waals surface area contributed by atoms with Crippen LogP contribution in [0.15, 0.2) is 0 Å². The maximum absolute atomic E-state index is 3.87. The summed E-state index contributed by atoms with van der Waals surface area (Å²) in [5, 5.41) is 3.87. The summed E-state index contributed by atoms with van der Waals surface area (Å²) in [6.45, 7) is 14.1. The summed E-state index contributed by atoms with van der Waals surface area (Å²) in [4.78, 5) is 0.288. The van der Waals surface area contributed by atoms with Crippen LogP contribution in [-0.2, 0) is 0 Å². The summed E-state index contributed by atoms with van der Waals surface area (Å²) in [6.07, 6.45) is 2.56. The molecule has 0 aliphatic carbocycles. The number of hydrogen-bond acceptors (Lipinski definition) is 2. The molecular formula is C13H27NS. The van der Waals surface area contributed by atoms with E-state index >= 15 is 0 Å². The normalized spacial score (nSPS) is 32.6. The Morgan fingerprint density at radius 1 is 1.33 bits per heavy atom. The van der Waals surface area contributed by atoms with Crippen molar-refractivity contribution < 1.29 is 0 Å². The second kappa shape index (κ2) is 4.67. The van der Waals surface area contributed by atoms with Crippen LogP contribution in [0.1, 0.15) is 54.4 Å². The quantitative estimate of drug-likeness (QED) is 0.788. The van der Waals surface area contributed by atoms with E-state index in [1.165, 1.54) is 18.6 Å². The zero-order valence-corrected chi connectivity index (χ0v) is 12.0. The summed E-state index contributed by atoms with van der Waals surface area (Å²) < 4.78 is 0. The molecule has 1 aliphatic rings. The van der Waals surface area contributed by atoms with Gasteiger partial charge in [-0.3, -0.25) is 5.32 Å². The van der Waals surface area contributed by atoms with Crippen molar-refractivity contribution in [2.24, 2.45) is 11.3 Å². The van der Waals surface area contributed by atoms with Crippen LogP contribution in [0, 0.1) is 11.3 Å². The van der Waals surface area contributed by atoms with Gasteiger partial charge in [0.1, 0.15) is 0 Å². The van der Waals surface area contributed by atoms with Gasteiger partial charge < -0.3 is 0 Å². The van der Waals surface area contributed by atoms with Gasteiger partial charge in [-0.15, -0.1) is 11.8 Å². The van der Waals surface area contributed by atoms with Gasteiger partial charge in [-0.2, -0.15) is 0 Å². The van der Waals surface area contributed by atoms with Gasteiger partial charge in [0.15, 0.2) is 0 Å². The molecule has 2 heteroatoms. The van der Waals surface area contributed by atoms with E-state index in [-0.39, 0.29) is 4.87 Å². The minimum absolute atomic E-state index is 0.288. The molecule has 0 radical (unpaired) electrons. The molecule has 1 nitrogen and oxygen atoms in total. The van der Waals surface area contributed by atoms with E-state index in [1.807, 2.05) is 0 Å². The first kappa shape index (κ1) is 13.4. The summed E-state index contributed by atoms with van der Waals surface area (Å²) in [6, 6.07) is 0.662. The van der Waals surface area contributed by atoms with Crippen LogP contribution in [0.5, 0.6) is 0 Å². The van der Waals surface area contributed by atoms with Gasteiger partial charge in [0, 0.05) is 11.8 Å². The van der Waals surface area contributed by atoms with E-state index in [0.717, 1.165) is 5.92 Å². The van der Waals surface area contributed by atoms with Crippen molar-refractivity contribution in [1.82, 2.24) is 5.32 Å². The topological polar surface area (TPSA) is 12.0 Å². The fourth-order valence-electron chi connectivity index (χ4n) is 2.85. The van der Waals surface area contributed by atoms with Gasteiger partial charge in [0.25, 0.3) is 0 Å². The average molecular weight is 229 g/mol. The Hall–Kier alpha value is 0.310. The molecule has 1 rings (SSSR count). The lowest BCUT2D eigenvalue weighted by Gasteiger charge is -2.47. The lowest BCUT2D eigenvalue weighted by molar-refractivity contribution is 0.150.